The number of rotatable bonds is 5. The third-order valence-electron chi connectivity index (χ3n) is 2.70. The quantitative estimate of drug-likeness (QED) is 0.635. The number of hydrogen-bond acceptors (Lipinski definition) is 2. The Labute approximate surface area is 86.3 Å². The van der Waals surface area contributed by atoms with Crippen LogP contribution in [-0.4, -0.2) is 33.8 Å². The summed E-state index contributed by atoms with van der Waals surface area (Å²) in [6.07, 6.45) is 4.16. The van der Waals surface area contributed by atoms with Crippen LogP contribution >= 0.6 is 0 Å². The van der Waals surface area contributed by atoms with Gasteiger partial charge in [0.1, 0.15) is 0 Å². The summed E-state index contributed by atoms with van der Waals surface area (Å²) in [5, 5.41) is 2.51. The molecule has 2 nitrogen and oxygen atoms in total. The monoisotopic (exact) mass is 200 g/mol. The molecule has 0 aliphatic carbocycles. The van der Waals surface area contributed by atoms with E-state index in [4.69, 9.17) is 8.53 Å². The van der Waals surface area contributed by atoms with Crippen LogP contribution in [0.25, 0.3) is 0 Å². The third-order valence-corrected chi connectivity index (χ3v) is 5.19. The van der Waals surface area contributed by atoms with Crippen molar-refractivity contribution in [1.29, 1.82) is 0 Å². The zero-order valence-corrected chi connectivity index (χ0v) is 10.1. The second-order valence-electron chi connectivity index (χ2n) is 3.76. The maximum atomic E-state index is 5.89. The van der Waals surface area contributed by atoms with Crippen molar-refractivity contribution in [3.63, 3.8) is 0 Å². The first-order valence-electron chi connectivity index (χ1n) is 5.60. The second kappa shape index (κ2) is 6.84. The van der Waals surface area contributed by atoms with Crippen molar-refractivity contribution in [1.82, 2.24) is 0 Å². The maximum Gasteiger partial charge on any atom is 0.460 e. The number of ether oxygens (including phenoxy) is 1. The van der Waals surface area contributed by atoms with E-state index in [1.165, 1.54) is 29.8 Å². The molecule has 1 saturated heterocycles. The van der Waals surface area contributed by atoms with Gasteiger partial charge in [-0.15, -0.1) is 0 Å². The highest BCUT2D eigenvalue weighted by Gasteiger charge is 2.19. The molecule has 0 saturated carbocycles. The molecular weight excluding hydrogens is 179 g/mol. The minimum atomic E-state index is -0.843. The minimum Gasteiger partial charge on any atom is -0.499 e. The Morgan fingerprint density at radius 3 is 2.62 bits per heavy atom. The Balaban J connectivity index is 2.09. The highest BCUT2D eigenvalue weighted by atomic mass is 27.2. The van der Waals surface area contributed by atoms with E-state index in [0.29, 0.717) is 6.10 Å². The largest absolute Gasteiger partial charge is 0.499 e. The summed E-state index contributed by atoms with van der Waals surface area (Å²) in [6, 6.07) is 0. The van der Waals surface area contributed by atoms with Gasteiger partial charge in [0.05, 0.1) is 6.10 Å². The summed E-state index contributed by atoms with van der Waals surface area (Å²) in [4.78, 5) is 0. The van der Waals surface area contributed by atoms with Gasteiger partial charge in [0.15, 0.2) is 0 Å². The van der Waals surface area contributed by atoms with Crippen molar-refractivity contribution < 1.29 is 8.53 Å². The molecule has 0 spiro atoms. The maximum absolute atomic E-state index is 5.89. The van der Waals surface area contributed by atoms with Gasteiger partial charge in [-0.1, -0.05) is 24.4 Å². The van der Waals surface area contributed by atoms with Crippen molar-refractivity contribution in [3.05, 3.63) is 0 Å². The first-order chi connectivity index (χ1) is 6.36. The Bertz CT molecular complexity index is 120. The van der Waals surface area contributed by atoms with Crippen molar-refractivity contribution in [2.24, 2.45) is 0 Å². The zero-order chi connectivity index (χ0) is 9.52. The van der Waals surface area contributed by atoms with E-state index >= 15 is 0 Å². The van der Waals surface area contributed by atoms with Gasteiger partial charge in [0, 0.05) is 13.2 Å². The third kappa shape index (κ3) is 4.47. The molecule has 0 N–H and O–H groups in total. The molecule has 0 aromatic carbocycles. The van der Waals surface area contributed by atoms with Crippen LogP contribution in [0.5, 0.6) is 0 Å². The van der Waals surface area contributed by atoms with Gasteiger partial charge >= 0.3 is 14.5 Å². The minimum absolute atomic E-state index is 0.404. The fourth-order valence-corrected chi connectivity index (χ4v) is 3.24. The molecule has 0 aromatic rings. The topological polar surface area (TPSA) is 18.5 Å². The Hall–Kier alpha value is 0.452. The average molecular weight is 200 g/mol. The predicted molar refractivity (Wildman–Crippen MR) is 56.3 cm³/mol. The van der Waals surface area contributed by atoms with Gasteiger partial charge in [-0.05, 0) is 19.3 Å². The van der Waals surface area contributed by atoms with E-state index in [2.05, 4.69) is 13.8 Å². The van der Waals surface area contributed by atoms with E-state index in [0.717, 1.165) is 13.2 Å². The number of hydrogen-bond donors (Lipinski definition) is 0. The lowest BCUT2D eigenvalue weighted by molar-refractivity contribution is -0.0119. The summed E-state index contributed by atoms with van der Waals surface area (Å²) in [7, 11) is 0. The molecule has 3 heteroatoms. The standard InChI is InChI=1S/C6H11O2.2C2H5.Al/c7-5-6-3-1-2-4-8-6;2*1-2;/h6H,1-5H2;2*1H2,2H3;/q-1;;;+1. The smallest absolute Gasteiger partial charge is 0.460 e. The normalized spacial score (nSPS) is 23.1. The molecule has 76 valence electrons. The van der Waals surface area contributed by atoms with E-state index in [1.807, 2.05) is 0 Å². The van der Waals surface area contributed by atoms with E-state index < -0.39 is 14.5 Å². The van der Waals surface area contributed by atoms with Crippen LogP contribution in [0.15, 0.2) is 0 Å². The molecule has 1 rings (SSSR count). The molecule has 0 amide bonds. The predicted octanol–water partition coefficient (Wildman–Crippen LogP) is 2.60. The molecule has 1 atom stereocenters. The lowest BCUT2D eigenvalue weighted by Gasteiger charge is -2.24. The van der Waals surface area contributed by atoms with Crippen molar-refractivity contribution in [2.75, 3.05) is 13.2 Å². The summed E-state index contributed by atoms with van der Waals surface area (Å²) >= 11 is -0.843. The summed E-state index contributed by atoms with van der Waals surface area (Å²) in [5.41, 5.74) is 0. The Morgan fingerprint density at radius 1 is 1.31 bits per heavy atom. The van der Waals surface area contributed by atoms with Crippen LogP contribution in [0.1, 0.15) is 33.1 Å². The van der Waals surface area contributed by atoms with Crippen LogP contribution in [0.4, 0.5) is 0 Å². The average Bonchev–Trinajstić information content (AvgIpc) is 2.21. The van der Waals surface area contributed by atoms with Crippen LogP contribution in [0, 0.1) is 0 Å². The molecule has 1 unspecified atom stereocenters. The second-order valence-corrected chi connectivity index (χ2v) is 6.97. The summed E-state index contributed by atoms with van der Waals surface area (Å²) in [5.74, 6) is 0. The van der Waals surface area contributed by atoms with Crippen molar-refractivity contribution in [3.8, 4) is 0 Å². The van der Waals surface area contributed by atoms with Crippen molar-refractivity contribution in [2.45, 2.75) is 49.8 Å². The first-order valence-corrected chi connectivity index (χ1v) is 7.70. The van der Waals surface area contributed by atoms with Gasteiger partial charge in [-0.2, -0.15) is 0 Å². The molecule has 0 bridgehead atoms. The Kier molecular flexibility index (Phi) is 6.06. The first kappa shape index (κ1) is 11.5. The summed E-state index contributed by atoms with van der Waals surface area (Å²) < 4.78 is 11.5. The lowest BCUT2D eigenvalue weighted by Crippen LogP contribution is -2.28. The molecule has 1 aliphatic heterocycles. The molecule has 13 heavy (non-hydrogen) atoms. The fourth-order valence-electron chi connectivity index (χ4n) is 1.71. The van der Waals surface area contributed by atoms with Gasteiger partial charge in [-0.3, -0.25) is 0 Å². The summed E-state index contributed by atoms with van der Waals surface area (Å²) in [6.45, 7) is 6.28. The molecule has 1 aliphatic rings. The molecule has 0 aromatic heterocycles. The zero-order valence-electron chi connectivity index (χ0n) is 8.92. The van der Waals surface area contributed by atoms with Gasteiger partial charge in [0.2, 0.25) is 0 Å². The molecular formula is C10H21AlO2. The van der Waals surface area contributed by atoms with Gasteiger partial charge in [-0.25, -0.2) is 0 Å². The highest BCUT2D eigenvalue weighted by molar-refractivity contribution is 6.51. The van der Waals surface area contributed by atoms with E-state index in [1.54, 1.807) is 0 Å². The van der Waals surface area contributed by atoms with Crippen LogP contribution in [-0.2, 0) is 8.53 Å². The van der Waals surface area contributed by atoms with Crippen LogP contribution < -0.4 is 0 Å². The van der Waals surface area contributed by atoms with Crippen LogP contribution in [0.2, 0.25) is 10.6 Å². The van der Waals surface area contributed by atoms with Crippen molar-refractivity contribution >= 4 is 14.5 Å². The molecule has 0 radical (unpaired) electrons. The molecule has 1 heterocycles. The van der Waals surface area contributed by atoms with E-state index in [9.17, 15) is 0 Å². The SMILES string of the molecule is C[CH2][Al]([CH2]C)[O]CC1CCCCO1. The van der Waals surface area contributed by atoms with Crippen LogP contribution in [0.3, 0.4) is 0 Å². The van der Waals surface area contributed by atoms with Gasteiger partial charge in [0.25, 0.3) is 0 Å². The fraction of sp³-hybridized carbons (Fsp3) is 1.00. The Morgan fingerprint density at radius 2 is 2.08 bits per heavy atom. The lowest BCUT2D eigenvalue weighted by atomic mass is 10.1. The van der Waals surface area contributed by atoms with Gasteiger partial charge < -0.3 is 8.53 Å². The molecule has 1 fully saturated rings. The van der Waals surface area contributed by atoms with E-state index in [-0.39, 0.29) is 0 Å². The highest BCUT2D eigenvalue weighted by Crippen LogP contribution is 2.13.